The van der Waals surface area contributed by atoms with Gasteiger partial charge in [0.2, 0.25) is 5.13 Å². The van der Waals surface area contributed by atoms with Crippen LogP contribution in [-0.4, -0.2) is 49.7 Å². The third-order valence-corrected chi connectivity index (χ3v) is 7.24. The Kier molecular flexibility index (Phi) is 5.77. The number of benzene rings is 1. The Labute approximate surface area is 169 Å². The van der Waals surface area contributed by atoms with Gasteiger partial charge in [-0.15, -0.1) is 10.2 Å². The molecule has 1 aliphatic rings. The number of thioether (sulfide) groups is 1. The molecule has 0 bridgehead atoms. The van der Waals surface area contributed by atoms with E-state index in [0.29, 0.717) is 0 Å². The molecule has 1 aromatic heterocycles. The van der Waals surface area contributed by atoms with Gasteiger partial charge in [0.1, 0.15) is 5.75 Å². The number of hydrogen-bond donors (Lipinski definition) is 0. The van der Waals surface area contributed by atoms with Crippen LogP contribution in [-0.2, 0) is 15.1 Å². The Morgan fingerprint density at radius 1 is 1.15 bits per heavy atom. The fourth-order valence-corrected chi connectivity index (χ4v) is 4.32. The Morgan fingerprint density at radius 2 is 1.81 bits per heavy atom. The number of aromatic nitrogens is 2. The van der Waals surface area contributed by atoms with Gasteiger partial charge in [-0.05, 0) is 39.3 Å². The molecule has 1 fully saturated rings. The second-order valence-electron chi connectivity index (χ2n) is 7.70. The summed E-state index contributed by atoms with van der Waals surface area (Å²) in [6, 6.07) is 6.14. The summed E-state index contributed by atoms with van der Waals surface area (Å²) in [7, 11) is 5.16. The van der Waals surface area contributed by atoms with Gasteiger partial charge in [-0.25, -0.2) is 0 Å². The SMILES string of the molecule is COc1ccc(CSc2nnc(N(C)C)s2)cc1B1OC(C)(C)C(C)(C)O1. The fraction of sp³-hybridized carbons (Fsp3) is 0.556. The summed E-state index contributed by atoms with van der Waals surface area (Å²) in [4.78, 5) is 1.96. The molecule has 2 aromatic rings. The Morgan fingerprint density at radius 3 is 2.37 bits per heavy atom. The molecule has 0 aliphatic carbocycles. The molecular formula is C18H26BN3O3S2. The first-order valence-electron chi connectivity index (χ1n) is 8.79. The summed E-state index contributed by atoms with van der Waals surface area (Å²) in [6.45, 7) is 8.21. The highest BCUT2D eigenvalue weighted by Gasteiger charge is 2.52. The lowest BCUT2D eigenvalue weighted by Gasteiger charge is -2.32. The summed E-state index contributed by atoms with van der Waals surface area (Å²) in [5.74, 6) is 1.56. The van der Waals surface area contributed by atoms with E-state index in [2.05, 4.69) is 50.0 Å². The van der Waals surface area contributed by atoms with Crippen LogP contribution in [0.1, 0.15) is 33.3 Å². The van der Waals surface area contributed by atoms with E-state index in [1.807, 2.05) is 25.1 Å². The predicted molar refractivity (Wildman–Crippen MR) is 113 cm³/mol. The average Bonchev–Trinajstić information content (AvgIpc) is 3.15. The first-order chi connectivity index (χ1) is 12.6. The van der Waals surface area contributed by atoms with Crippen LogP contribution in [0.2, 0.25) is 0 Å². The molecule has 3 rings (SSSR count). The summed E-state index contributed by atoms with van der Waals surface area (Å²) in [5.41, 5.74) is 1.30. The van der Waals surface area contributed by atoms with E-state index in [-0.39, 0.29) is 11.2 Å². The van der Waals surface area contributed by atoms with Gasteiger partial charge >= 0.3 is 7.12 Å². The molecule has 1 saturated heterocycles. The van der Waals surface area contributed by atoms with Crippen molar-refractivity contribution in [1.82, 2.24) is 10.2 Å². The predicted octanol–water partition coefficient (Wildman–Crippen LogP) is 3.20. The number of nitrogens with zero attached hydrogens (tertiary/aromatic N) is 3. The molecule has 1 aromatic carbocycles. The van der Waals surface area contributed by atoms with Gasteiger partial charge in [0.25, 0.3) is 0 Å². The van der Waals surface area contributed by atoms with Crippen molar-refractivity contribution in [2.24, 2.45) is 0 Å². The maximum Gasteiger partial charge on any atom is 0.498 e. The standard InChI is InChI=1S/C18H26BN3O3S2/c1-17(2)18(3,4)25-19(24-17)13-10-12(8-9-14(13)23-7)11-26-16-21-20-15(27-16)22(5)6/h8-10H,11H2,1-7H3. The largest absolute Gasteiger partial charge is 0.498 e. The summed E-state index contributed by atoms with van der Waals surface area (Å²) < 4.78 is 18.9. The highest BCUT2D eigenvalue weighted by molar-refractivity contribution is 8.00. The molecule has 1 aliphatic heterocycles. The van der Waals surface area contributed by atoms with E-state index in [1.54, 1.807) is 30.2 Å². The van der Waals surface area contributed by atoms with Crippen molar-refractivity contribution in [3.8, 4) is 5.75 Å². The van der Waals surface area contributed by atoms with Gasteiger partial charge in [-0.3, -0.25) is 0 Å². The van der Waals surface area contributed by atoms with E-state index in [1.165, 1.54) is 0 Å². The zero-order chi connectivity index (χ0) is 19.8. The van der Waals surface area contributed by atoms with Gasteiger partial charge in [0.05, 0.1) is 18.3 Å². The lowest BCUT2D eigenvalue weighted by molar-refractivity contribution is 0.00578. The second-order valence-corrected chi connectivity index (χ2v) is 9.88. The van der Waals surface area contributed by atoms with Gasteiger partial charge < -0.3 is 18.9 Å². The minimum atomic E-state index is -0.447. The van der Waals surface area contributed by atoms with Crippen LogP contribution in [0.4, 0.5) is 5.13 Å². The van der Waals surface area contributed by atoms with Crippen molar-refractivity contribution >= 4 is 40.8 Å². The summed E-state index contributed by atoms with van der Waals surface area (Å²) >= 11 is 3.26. The number of ether oxygens (including phenoxy) is 1. The molecule has 146 valence electrons. The number of hydrogen-bond acceptors (Lipinski definition) is 8. The van der Waals surface area contributed by atoms with Crippen LogP contribution >= 0.6 is 23.1 Å². The molecule has 0 atom stereocenters. The van der Waals surface area contributed by atoms with Crippen LogP contribution < -0.4 is 15.1 Å². The first-order valence-corrected chi connectivity index (χ1v) is 10.6. The third kappa shape index (κ3) is 4.26. The quantitative estimate of drug-likeness (QED) is 0.538. The van der Waals surface area contributed by atoms with Crippen LogP contribution in [0.25, 0.3) is 0 Å². The molecule has 6 nitrogen and oxygen atoms in total. The Balaban J connectivity index is 1.77. The van der Waals surface area contributed by atoms with Crippen molar-refractivity contribution in [2.45, 2.75) is 49.0 Å². The van der Waals surface area contributed by atoms with Gasteiger partial charge in [0.15, 0.2) is 4.34 Å². The molecule has 0 unspecified atom stereocenters. The van der Waals surface area contributed by atoms with Gasteiger partial charge in [-0.2, -0.15) is 0 Å². The Bertz CT molecular complexity index is 795. The first kappa shape index (κ1) is 20.4. The van der Waals surface area contributed by atoms with E-state index >= 15 is 0 Å². The molecule has 0 saturated carbocycles. The third-order valence-electron chi connectivity index (χ3n) is 4.94. The van der Waals surface area contributed by atoms with E-state index < -0.39 is 7.12 Å². The highest BCUT2D eigenvalue weighted by atomic mass is 32.2. The zero-order valence-corrected chi connectivity index (χ0v) is 18.5. The number of rotatable bonds is 6. The number of anilines is 1. The Hall–Kier alpha value is -1.29. The van der Waals surface area contributed by atoms with Crippen molar-refractivity contribution in [1.29, 1.82) is 0 Å². The zero-order valence-electron chi connectivity index (χ0n) is 16.9. The van der Waals surface area contributed by atoms with Gasteiger partial charge in [0, 0.05) is 25.3 Å². The molecule has 0 N–H and O–H groups in total. The van der Waals surface area contributed by atoms with Crippen molar-refractivity contribution in [3.05, 3.63) is 23.8 Å². The summed E-state index contributed by atoms with van der Waals surface area (Å²) in [6.07, 6.45) is 0. The topological polar surface area (TPSA) is 56.7 Å². The van der Waals surface area contributed by atoms with Crippen molar-refractivity contribution in [3.63, 3.8) is 0 Å². The lowest BCUT2D eigenvalue weighted by atomic mass is 9.77. The minimum Gasteiger partial charge on any atom is -0.497 e. The summed E-state index contributed by atoms with van der Waals surface area (Å²) in [5, 5.41) is 9.33. The molecule has 0 spiro atoms. The smallest absolute Gasteiger partial charge is 0.497 e. The van der Waals surface area contributed by atoms with Crippen molar-refractivity contribution in [2.75, 3.05) is 26.1 Å². The lowest BCUT2D eigenvalue weighted by Crippen LogP contribution is -2.41. The highest BCUT2D eigenvalue weighted by Crippen LogP contribution is 2.37. The molecule has 2 heterocycles. The molecule has 9 heteroatoms. The van der Waals surface area contributed by atoms with Crippen LogP contribution in [0.3, 0.4) is 0 Å². The van der Waals surface area contributed by atoms with E-state index in [0.717, 1.165) is 32.0 Å². The van der Waals surface area contributed by atoms with Crippen molar-refractivity contribution < 1.29 is 14.0 Å². The van der Waals surface area contributed by atoms with E-state index in [4.69, 9.17) is 14.0 Å². The second kappa shape index (κ2) is 7.62. The van der Waals surface area contributed by atoms with Crippen LogP contribution in [0.15, 0.2) is 22.5 Å². The molecule has 0 radical (unpaired) electrons. The minimum absolute atomic E-state index is 0.386. The van der Waals surface area contributed by atoms with E-state index in [9.17, 15) is 0 Å². The molecular weight excluding hydrogens is 381 g/mol. The van der Waals surface area contributed by atoms with Crippen LogP contribution in [0.5, 0.6) is 5.75 Å². The maximum atomic E-state index is 6.21. The molecule has 27 heavy (non-hydrogen) atoms. The molecule has 0 amide bonds. The fourth-order valence-electron chi connectivity index (χ4n) is 2.61. The number of methoxy groups -OCH3 is 1. The monoisotopic (exact) mass is 407 g/mol. The van der Waals surface area contributed by atoms with Crippen LogP contribution in [0, 0.1) is 0 Å². The normalized spacial score (nSPS) is 18.0. The average molecular weight is 407 g/mol. The van der Waals surface area contributed by atoms with Gasteiger partial charge in [-0.1, -0.05) is 35.2 Å². The maximum absolute atomic E-state index is 6.21.